The van der Waals surface area contributed by atoms with E-state index in [4.69, 9.17) is 9.72 Å². The van der Waals surface area contributed by atoms with Gasteiger partial charge in [-0.15, -0.1) is 0 Å². The molecule has 1 heterocycles. The minimum atomic E-state index is -0.0760. The summed E-state index contributed by atoms with van der Waals surface area (Å²) in [5, 5.41) is 2.05. The number of rotatable bonds is 5. The molecule has 0 aliphatic rings. The molecule has 0 bridgehead atoms. The summed E-state index contributed by atoms with van der Waals surface area (Å²) >= 11 is 0. The van der Waals surface area contributed by atoms with E-state index in [-0.39, 0.29) is 5.91 Å². The largest absolute Gasteiger partial charge is 0.496 e. The Hall–Kier alpha value is -3.34. The molecule has 0 fully saturated rings. The number of aromatic nitrogens is 1. The van der Waals surface area contributed by atoms with Crippen LogP contribution in [-0.2, 0) is 4.79 Å². The molecule has 28 heavy (non-hydrogen) atoms. The van der Waals surface area contributed by atoms with E-state index in [9.17, 15) is 4.79 Å². The second-order valence-electron chi connectivity index (χ2n) is 6.95. The molecular weight excluding hydrogens is 350 g/mol. The van der Waals surface area contributed by atoms with Crippen LogP contribution in [0.1, 0.15) is 5.56 Å². The van der Waals surface area contributed by atoms with Gasteiger partial charge in [-0.05, 0) is 35.7 Å². The Bertz CT molecular complexity index is 1040. The van der Waals surface area contributed by atoms with Crippen molar-refractivity contribution in [2.75, 3.05) is 40.2 Å². The highest BCUT2D eigenvalue weighted by Crippen LogP contribution is 2.35. The predicted octanol–water partition coefficient (Wildman–Crippen LogP) is 4.08. The minimum absolute atomic E-state index is 0.0760. The molecule has 3 rings (SSSR count). The quantitative estimate of drug-likeness (QED) is 0.631. The minimum Gasteiger partial charge on any atom is -0.496 e. The molecule has 0 aliphatic heterocycles. The third-order valence-corrected chi connectivity index (χ3v) is 4.63. The van der Waals surface area contributed by atoms with Gasteiger partial charge in [0.15, 0.2) is 0 Å². The van der Waals surface area contributed by atoms with Gasteiger partial charge in [-0.25, -0.2) is 0 Å². The van der Waals surface area contributed by atoms with Crippen LogP contribution in [0.3, 0.4) is 0 Å². The lowest BCUT2D eigenvalue weighted by molar-refractivity contribution is -0.123. The number of anilines is 1. The average Bonchev–Trinajstić information content (AvgIpc) is 2.70. The normalized spacial score (nSPS) is 11.0. The molecule has 1 amide bonds. The SMILES string of the molecule is COc1ccccc1-c1ncc2cc(N(C)C)ccc2c1/C=C/C(=O)N(C)C. The van der Waals surface area contributed by atoms with E-state index >= 15 is 0 Å². The molecule has 0 aliphatic carbocycles. The monoisotopic (exact) mass is 375 g/mol. The number of hydrogen-bond acceptors (Lipinski definition) is 4. The lowest BCUT2D eigenvalue weighted by atomic mass is 9.98. The fourth-order valence-corrected chi connectivity index (χ4v) is 3.04. The first kappa shape index (κ1) is 19.4. The van der Waals surface area contributed by atoms with Gasteiger partial charge in [0.05, 0.1) is 12.8 Å². The van der Waals surface area contributed by atoms with Crippen molar-refractivity contribution in [3.05, 3.63) is 60.3 Å². The van der Waals surface area contributed by atoms with E-state index in [1.165, 1.54) is 0 Å². The number of pyridine rings is 1. The molecular formula is C23H25N3O2. The molecule has 5 nitrogen and oxygen atoms in total. The summed E-state index contributed by atoms with van der Waals surface area (Å²) in [7, 11) is 9.13. The highest BCUT2D eigenvalue weighted by molar-refractivity contribution is 6.01. The summed E-state index contributed by atoms with van der Waals surface area (Å²) in [6.07, 6.45) is 5.29. The van der Waals surface area contributed by atoms with Crippen molar-refractivity contribution in [3.8, 4) is 17.0 Å². The van der Waals surface area contributed by atoms with Crippen molar-refractivity contribution in [3.63, 3.8) is 0 Å². The molecule has 1 aromatic heterocycles. The van der Waals surface area contributed by atoms with Gasteiger partial charge in [0, 0.05) is 62.7 Å². The van der Waals surface area contributed by atoms with Crippen LogP contribution in [0, 0.1) is 0 Å². The molecule has 0 atom stereocenters. The fraction of sp³-hybridized carbons (Fsp3) is 0.217. The number of fused-ring (bicyclic) bond motifs is 1. The number of hydrogen-bond donors (Lipinski definition) is 0. The maximum atomic E-state index is 12.2. The Morgan fingerprint density at radius 2 is 1.82 bits per heavy atom. The maximum Gasteiger partial charge on any atom is 0.246 e. The molecule has 0 spiro atoms. The highest BCUT2D eigenvalue weighted by Gasteiger charge is 2.14. The highest BCUT2D eigenvalue weighted by atomic mass is 16.5. The number of methoxy groups -OCH3 is 1. The zero-order chi connectivity index (χ0) is 20.3. The molecule has 3 aromatic rings. The van der Waals surface area contributed by atoms with Gasteiger partial charge in [0.1, 0.15) is 5.75 Å². The molecule has 0 N–H and O–H groups in total. The summed E-state index contributed by atoms with van der Waals surface area (Å²) in [5.74, 6) is 0.667. The van der Waals surface area contributed by atoms with Crippen LogP contribution in [0.15, 0.2) is 54.7 Å². The van der Waals surface area contributed by atoms with Crippen LogP contribution in [-0.4, -0.2) is 51.1 Å². The Morgan fingerprint density at radius 3 is 2.50 bits per heavy atom. The van der Waals surface area contributed by atoms with Crippen LogP contribution >= 0.6 is 0 Å². The van der Waals surface area contributed by atoms with Gasteiger partial charge in [0.25, 0.3) is 0 Å². The topological polar surface area (TPSA) is 45.7 Å². The summed E-state index contributed by atoms with van der Waals surface area (Å²) < 4.78 is 5.54. The first-order valence-electron chi connectivity index (χ1n) is 9.05. The van der Waals surface area contributed by atoms with Gasteiger partial charge in [-0.1, -0.05) is 18.2 Å². The van der Waals surface area contributed by atoms with Crippen LogP contribution in [0.5, 0.6) is 5.75 Å². The lowest BCUT2D eigenvalue weighted by Gasteiger charge is -2.16. The molecule has 5 heteroatoms. The first-order chi connectivity index (χ1) is 13.4. The summed E-state index contributed by atoms with van der Waals surface area (Å²) in [5.41, 5.74) is 3.66. The standard InChI is InChI=1S/C23H25N3O2/c1-25(2)17-10-11-18-16(14-17)15-24-23(19(18)12-13-22(27)26(3)4)20-8-6-7-9-21(20)28-5/h6-15H,1-5H3/b13-12+. The summed E-state index contributed by atoms with van der Waals surface area (Å²) in [6, 6.07) is 14.0. The molecule has 2 aromatic carbocycles. The first-order valence-corrected chi connectivity index (χ1v) is 9.05. The van der Waals surface area contributed by atoms with E-state index < -0.39 is 0 Å². The Balaban J connectivity index is 2.26. The van der Waals surface area contributed by atoms with Crippen molar-refractivity contribution in [2.24, 2.45) is 0 Å². The number of para-hydroxylation sites is 1. The van der Waals surface area contributed by atoms with Crippen molar-refractivity contribution in [2.45, 2.75) is 0 Å². The molecule has 0 saturated carbocycles. The number of carbonyl (C=O) groups excluding carboxylic acids is 1. The van der Waals surface area contributed by atoms with Crippen LogP contribution in [0.2, 0.25) is 0 Å². The Labute approximate surface area is 165 Å². The number of likely N-dealkylation sites (N-methyl/N-ethyl adjacent to an activating group) is 1. The number of nitrogens with zero attached hydrogens (tertiary/aromatic N) is 3. The van der Waals surface area contributed by atoms with Crippen molar-refractivity contribution >= 4 is 28.4 Å². The maximum absolute atomic E-state index is 12.2. The Kier molecular flexibility index (Phi) is 5.64. The third kappa shape index (κ3) is 3.83. The van der Waals surface area contributed by atoms with E-state index in [0.717, 1.165) is 39.0 Å². The molecule has 144 valence electrons. The van der Waals surface area contributed by atoms with E-state index in [1.807, 2.05) is 50.6 Å². The van der Waals surface area contributed by atoms with Gasteiger partial charge in [-0.2, -0.15) is 0 Å². The number of ether oxygens (including phenoxy) is 1. The van der Waals surface area contributed by atoms with Gasteiger partial charge >= 0.3 is 0 Å². The van der Waals surface area contributed by atoms with Crippen LogP contribution < -0.4 is 9.64 Å². The van der Waals surface area contributed by atoms with Crippen LogP contribution in [0.25, 0.3) is 28.1 Å². The second kappa shape index (κ2) is 8.13. The average molecular weight is 375 g/mol. The summed E-state index contributed by atoms with van der Waals surface area (Å²) in [4.78, 5) is 20.5. The Morgan fingerprint density at radius 1 is 1.07 bits per heavy atom. The van der Waals surface area contributed by atoms with Gasteiger partial charge < -0.3 is 14.5 Å². The predicted molar refractivity (Wildman–Crippen MR) is 116 cm³/mol. The summed E-state index contributed by atoms with van der Waals surface area (Å²) in [6.45, 7) is 0. The van der Waals surface area contributed by atoms with Crippen molar-refractivity contribution in [1.29, 1.82) is 0 Å². The smallest absolute Gasteiger partial charge is 0.246 e. The van der Waals surface area contributed by atoms with E-state index in [1.54, 1.807) is 32.2 Å². The number of carbonyl (C=O) groups is 1. The number of amides is 1. The zero-order valence-electron chi connectivity index (χ0n) is 16.9. The zero-order valence-corrected chi connectivity index (χ0v) is 16.9. The van der Waals surface area contributed by atoms with Crippen LogP contribution in [0.4, 0.5) is 5.69 Å². The lowest BCUT2D eigenvalue weighted by Crippen LogP contribution is -2.18. The fourth-order valence-electron chi connectivity index (χ4n) is 3.04. The van der Waals surface area contributed by atoms with Crippen molar-refractivity contribution in [1.82, 2.24) is 9.88 Å². The molecule has 0 radical (unpaired) electrons. The molecule has 0 saturated heterocycles. The van der Waals surface area contributed by atoms with Gasteiger partial charge in [-0.3, -0.25) is 9.78 Å². The molecule has 0 unspecified atom stereocenters. The van der Waals surface area contributed by atoms with E-state index in [2.05, 4.69) is 23.1 Å². The second-order valence-corrected chi connectivity index (χ2v) is 6.95. The van der Waals surface area contributed by atoms with E-state index in [0.29, 0.717) is 0 Å². The third-order valence-electron chi connectivity index (χ3n) is 4.63. The number of benzene rings is 2. The van der Waals surface area contributed by atoms with Crippen molar-refractivity contribution < 1.29 is 9.53 Å². The van der Waals surface area contributed by atoms with Gasteiger partial charge in [0.2, 0.25) is 5.91 Å².